The topological polar surface area (TPSA) is 84.2 Å². The summed E-state index contributed by atoms with van der Waals surface area (Å²) in [5.41, 5.74) is 3.17. The largest absolute Gasteiger partial charge is 0.323 e. The van der Waals surface area contributed by atoms with Gasteiger partial charge in [0.2, 0.25) is 10.0 Å². The van der Waals surface area contributed by atoms with Gasteiger partial charge in [-0.15, -0.1) is 0 Å². The van der Waals surface area contributed by atoms with E-state index in [0.717, 1.165) is 0 Å². The zero-order chi connectivity index (χ0) is 15.5. The van der Waals surface area contributed by atoms with Crippen LogP contribution < -0.4 is 16.0 Å². The Labute approximate surface area is 123 Å². The van der Waals surface area contributed by atoms with Crippen LogP contribution >= 0.6 is 0 Å². The average Bonchev–Trinajstić information content (AvgIpc) is 2.46. The Hall–Kier alpha value is -1.96. The first-order chi connectivity index (χ1) is 9.94. The Morgan fingerprint density at radius 2 is 1.86 bits per heavy atom. The minimum absolute atomic E-state index is 0.0377. The van der Waals surface area contributed by atoms with Crippen LogP contribution in [0.2, 0.25) is 0 Å². The third-order valence-corrected chi connectivity index (χ3v) is 4.61. The molecule has 1 atom stereocenters. The quantitative estimate of drug-likeness (QED) is 0.583. The van der Waals surface area contributed by atoms with Crippen LogP contribution in [0.5, 0.6) is 0 Å². The number of nitrogen functional groups attached to an aromatic ring is 1. The second-order valence-corrected chi connectivity index (χ2v) is 6.22. The van der Waals surface area contributed by atoms with Crippen LogP contribution in [0.15, 0.2) is 53.4 Å². The fourth-order valence-corrected chi connectivity index (χ4v) is 3.36. The van der Waals surface area contributed by atoms with E-state index in [9.17, 15) is 12.8 Å². The van der Waals surface area contributed by atoms with E-state index >= 15 is 0 Å². The molecule has 5 nitrogen and oxygen atoms in total. The molecule has 0 saturated carbocycles. The summed E-state index contributed by atoms with van der Waals surface area (Å²) in [5, 5.41) is 0. The highest BCUT2D eigenvalue weighted by Gasteiger charge is 2.21. The van der Waals surface area contributed by atoms with Gasteiger partial charge in [-0.05, 0) is 36.8 Å². The van der Waals surface area contributed by atoms with Crippen LogP contribution in [-0.4, -0.2) is 8.42 Å². The summed E-state index contributed by atoms with van der Waals surface area (Å²) in [7, 11) is -3.78. The molecule has 0 fully saturated rings. The van der Waals surface area contributed by atoms with Crippen LogP contribution in [0.4, 0.5) is 10.1 Å². The third kappa shape index (κ3) is 3.57. The van der Waals surface area contributed by atoms with E-state index in [1.165, 1.54) is 24.3 Å². The van der Waals surface area contributed by atoms with E-state index in [4.69, 9.17) is 5.84 Å². The summed E-state index contributed by atoms with van der Waals surface area (Å²) in [6.07, 6.45) is 0. The summed E-state index contributed by atoms with van der Waals surface area (Å²) < 4.78 is 40.5. The van der Waals surface area contributed by atoms with E-state index < -0.39 is 21.9 Å². The van der Waals surface area contributed by atoms with Gasteiger partial charge in [0.05, 0.1) is 5.69 Å². The Kier molecular flexibility index (Phi) is 4.56. The Bertz CT molecular complexity index is 735. The van der Waals surface area contributed by atoms with Crippen LogP contribution in [0.3, 0.4) is 0 Å². The monoisotopic (exact) mass is 309 g/mol. The van der Waals surface area contributed by atoms with E-state index in [1.54, 1.807) is 31.2 Å². The summed E-state index contributed by atoms with van der Waals surface area (Å²) in [5.74, 6) is 4.90. The summed E-state index contributed by atoms with van der Waals surface area (Å²) in [6.45, 7) is 1.64. The highest BCUT2D eigenvalue weighted by Crippen LogP contribution is 2.22. The number of anilines is 1. The molecule has 2 aromatic rings. The fraction of sp³-hybridized carbons (Fsp3) is 0.143. The molecule has 0 heterocycles. The molecule has 2 rings (SSSR count). The zero-order valence-electron chi connectivity index (χ0n) is 11.4. The number of halogens is 1. The lowest BCUT2D eigenvalue weighted by Gasteiger charge is -2.16. The van der Waals surface area contributed by atoms with Crippen LogP contribution in [0.1, 0.15) is 18.5 Å². The number of rotatable bonds is 5. The van der Waals surface area contributed by atoms with Gasteiger partial charge in [-0.3, -0.25) is 5.84 Å². The van der Waals surface area contributed by atoms with Crippen molar-refractivity contribution < 1.29 is 12.8 Å². The molecule has 0 aliphatic carbocycles. The van der Waals surface area contributed by atoms with Crippen molar-refractivity contribution in [3.05, 3.63) is 59.9 Å². The molecular weight excluding hydrogens is 293 g/mol. The van der Waals surface area contributed by atoms with Crippen molar-refractivity contribution in [2.24, 2.45) is 5.84 Å². The smallest absolute Gasteiger partial charge is 0.243 e. The molecule has 4 N–H and O–H groups in total. The van der Waals surface area contributed by atoms with Crippen molar-refractivity contribution in [3.63, 3.8) is 0 Å². The van der Waals surface area contributed by atoms with E-state index in [0.29, 0.717) is 5.56 Å². The number of hydrogen-bond donors (Lipinski definition) is 3. The van der Waals surface area contributed by atoms with Gasteiger partial charge in [-0.2, -0.15) is 0 Å². The Balaban J connectivity index is 2.29. The number of benzene rings is 2. The van der Waals surface area contributed by atoms with Crippen molar-refractivity contribution >= 4 is 15.7 Å². The van der Waals surface area contributed by atoms with Gasteiger partial charge in [0.25, 0.3) is 0 Å². The van der Waals surface area contributed by atoms with Gasteiger partial charge < -0.3 is 5.43 Å². The molecule has 1 unspecified atom stereocenters. The van der Waals surface area contributed by atoms with Crippen molar-refractivity contribution in [3.8, 4) is 0 Å². The van der Waals surface area contributed by atoms with Gasteiger partial charge in [0.15, 0.2) is 0 Å². The number of hydrazine groups is 1. The average molecular weight is 309 g/mol. The standard InChI is InChI=1S/C14H16FN3O2S/c1-10(11-5-4-6-12(15)9-11)18-21(19,20)14-8-3-2-7-13(14)17-16/h2-10,17-18H,16H2,1H3. The molecule has 0 amide bonds. The highest BCUT2D eigenvalue weighted by molar-refractivity contribution is 7.89. The number of nitrogens with one attached hydrogen (secondary N) is 2. The van der Waals surface area contributed by atoms with Gasteiger partial charge in [-0.25, -0.2) is 17.5 Å². The van der Waals surface area contributed by atoms with Crippen LogP contribution in [-0.2, 0) is 10.0 Å². The number of sulfonamides is 1. The normalized spacial score (nSPS) is 12.9. The predicted octanol–water partition coefficient (Wildman–Crippen LogP) is 2.15. The molecule has 0 spiro atoms. The maximum Gasteiger partial charge on any atom is 0.243 e. The summed E-state index contributed by atoms with van der Waals surface area (Å²) in [6, 6.07) is 11.5. The molecule has 7 heteroatoms. The second kappa shape index (κ2) is 6.21. The van der Waals surface area contributed by atoms with Crippen LogP contribution in [0, 0.1) is 5.82 Å². The lowest BCUT2D eigenvalue weighted by atomic mass is 10.1. The molecule has 0 aliphatic rings. The first-order valence-electron chi connectivity index (χ1n) is 6.27. The first-order valence-corrected chi connectivity index (χ1v) is 7.76. The van der Waals surface area contributed by atoms with E-state index in [2.05, 4.69) is 10.1 Å². The molecule has 21 heavy (non-hydrogen) atoms. The fourth-order valence-electron chi connectivity index (χ4n) is 1.96. The zero-order valence-corrected chi connectivity index (χ0v) is 12.2. The van der Waals surface area contributed by atoms with Gasteiger partial charge in [0, 0.05) is 6.04 Å². The number of nitrogens with two attached hydrogens (primary N) is 1. The molecule has 112 valence electrons. The molecule has 0 saturated heterocycles. The molecule has 0 aromatic heterocycles. The minimum atomic E-state index is -3.78. The summed E-state index contributed by atoms with van der Waals surface area (Å²) >= 11 is 0. The van der Waals surface area contributed by atoms with Gasteiger partial charge in [0.1, 0.15) is 10.7 Å². The van der Waals surface area contributed by atoms with Crippen LogP contribution in [0.25, 0.3) is 0 Å². The maximum atomic E-state index is 13.2. The second-order valence-electron chi connectivity index (χ2n) is 4.54. The van der Waals surface area contributed by atoms with Gasteiger partial charge in [-0.1, -0.05) is 24.3 Å². The predicted molar refractivity (Wildman–Crippen MR) is 79.4 cm³/mol. The molecule has 0 radical (unpaired) electrons. The molecule has 2 aromatic carbocycles. The number of hydrogen-bond acceptors (Lipinski definition) is 4. The first kappa shape index (κ1) is 15.4. The Morgan fingerprint density at radius 3 is 2.52 bits per heavy atom. The highest BCUT2D eigenvalue weighted by atomic mass is 32.2. The van der Waals surface area contributed by atoms with Crippen molar-refractivity contribution in [2.75, 3.05) is 5.43 Å². The SMILES string of the molecule is CC(NS(=O)(=O)c1ccccc1NN)c1cccc(F)c1. The molecule has 0 aliphatic heterocycles. The molecule has 0 bridgehead atoms. The maximum absolute atomic E-state index is 13.2. The van der Waals surface area contributed by atoms with Crippen molar-refractivity contribution in [1.82, 2.24) is 4.72 Å². The minimum Gasteiger partial charge on any atom is -0.323 e. The Morgan fingerprint density at radius 1 is 1.14 bits per heavy atom. The lowest BCUT2D eigenvalue weighted by Crippen LogP contribution is -2.28. The number of para-hydroxylation sites is 1. The lowest BCUT2D eigenvalue weighted by molar-refractivity contribution is 0.565. The molecular formula is C14H16FN3O2S. The van der Waals surface area contributed by atoms with Crippen molar-refractivity contribution in [1.29, 1.82) is 0 Å². The van der Waals surface area contributed by atoms with Crippen molar-refractivity contribution in [2.45, 2.75) is 17.9 Å². The van der Waals surface area contributed by atoms with E-state index in [-0.39, 0.29) is 10.6 Å². The van der Waals surface area contributed by atoms with Gasteiger partial charge >= 0.3 is 0 Å². The summed E-state index contributed by atoms with van der Waals surface area (Å²) in [4.78, 5) is 0.0377. The third-order valence-electron chi connectivity index (χ3n) is 3.01. The van der Waals surface area contributed by atoms with E-state index in [1.807, 2.05) is 0 Å².